The molecule has 4 heteroatoms. The van der Waals surface area contributed by atoms with Gasteiger partial charge in [0.25, 0.3) is 0 Å². The van der Waals surface area contributed by atoms with E-state index >= 15 is 0 Å². The van der Waals surface area contributed by atoms with E-state index in [9.17, 15) is 4.79 Å². The van der Waals surface area contributed by atoms with Crippen molar-refractivity contribution in [1.29, 1.82) is 0 Å². The summed E-state index contributed by atoms with van der Waals surface area (Å²) < 4.78 is 10.2. The third-order valence-corrected chi connectivity index (χ3v) is 2.52. The number of esters is 1. The van der Waals surface area contributed by atoms with E-state index in [-0.39, 0.29) is 12.1 Å². The van der Waals surface area contributed by atoms with Gasteiger partial charge < -0.3 is 9.47 Å². The largest absolute Gasteiger partial charge is 0.497 e. The van der Waals surface area contributed by atoms with Gasteiger partial charge in [-0.25, -0.2) is 0 Å². The molecule has 1 aromatic carbocycles. The predicted octanol–water partition coefficient (Wildman–Crippen LogP) is 2.69. The van der Waals surface area contributed by atoms with Crippen molar-refractivity contribution >= 4 is 21.9 Å². The first kappa shape index (κ1) is 12.0. The summed E-state index contributed by atoms with van der Waals surface area (Å²) in [5.41, 5.74) is 0.947. The van der Waals surface area contributed by atoms with E-state index < -0.39 is 0 Å². The number of alkyl halides is 1. The van der Waals surface area contributed by atoms with Gasteiger partial charge in [0, 0.05) is 12.3 Å². The second-order valence-electron chi connectivity index (χ2n) is 3.03. The Bertz CT molecular complexity index is 321. The van der Waals surface area contributed by atoms with Crippen LogP contribution in [0.3, 0.4) is 0 Å². The lowest BCUT2D eigenvalue weighted by Gasteiger charge is -2.14. The molecule has 0 N–H and O–H groups in total. The molecule has 0 heterocycles. The number of hydrogen-bond donors (Lipinski definition) is 0. The fourth-order valence-corrected chi connectivity index (χ4v) is 1.71. The van der Waals surface area contributed by atoms with Crippen molar-refractivity contribution in [3.8, 4) is 5.75 Å². The zero-order valence-corrected chi connectivity index (χ0v) is 10.3. The van der Waals surface area contributed by atoms with Crippen LogP contribution < -0.4 is 4.74 Å². The van der Waals surface area contributed by atoms with Crippen molar-refractivity contribution in [2.75, 3.05) is 12.4 Å². The number of methoxy groups -OCH3 is 1. The molecular weight excluding hydrogens is 260 g/mol. The molecule has 3 nitrogen and oxygen atoms in total. The highest BCUT2D eigenvalue weighted by molar-refractivity contribution is 9.09. The Morgan fingerprint density at radius 3 is 2.40 bits per heavy atom. The Kier molecular flexibility index (Phi) is 4.62. The van der Waals surface area contributed by atoms with E-state index in [1.165, 1.54) is 6.92 Å². The molecule has 0 aliphatic heterocycles. The summed E-state index contributed by atoms with van der Waals surface area (Å²) in [6.07, 6.45) is -0.242. The van der Waals surface area contributed by atoms with Gasteiger partial charge in [0.05, 0.1) is 7.11 Å². The lowest BCUT2D eigenvalue weighted by Crippen LogP contribution is -2.09. The molecule has 0 fully saturated rings. The van der Waals surface area contributed by atoms with E-state index in [1.807, 2.05) is 24.3 Å². The SMILES string of the molecule is COc1ccc(C(CBr)OC(C)=O)cc1. The van der Waals surface area contributed by atoms with Crippen LogP contribution in [0.4, 0.5) is 0 Å². The van der Waals surface area contributed by atoms with Gasteiger partial charge in [0.1, 0.15) is 11.9 Å². The van der Waals surface area contributed by atoms with Gasteiger partial charge in [-0.15, -0.1) is 0 Å². The van der Waals surface area contributed by atoms with Crippen LogP contribution in [0.2, 0.25) is 0 Å². The fourth-order valence-electron chi connectivity index (χ4n) is 1.21. The Morgan fingerprint density at radius 1 is 1.40 bits per heavy atom. The van der Waals surface area contributed by atoms with Crippen molar-refractivity contribution in [1.82, 2.24) is 0 Å². The summed E-state index contributed by atoms with van der Waals surface area (Å²) in [5.74, 6) is 0.505. The van der Waals surface area contributed by atoms with Gasteiger partial charge in [-0.2, -0.15) is 0 Å². The summed E-state index contributed by atoms with van der Waals surface area (Å²) in [5, 5.41) is 0.582. The monoisotopic (exact) mass is 272 g/mol. The molecular formula is C11H13BrO3. The minimum atomic E-state index is -0.282. The third kappa shape index (κ3) is 3.55. The Balaban J connectivity index is 2.78. The highest BCUT2D eigenvalue weighted by atomic mass is 79.9. The lowest BCUT2D eigenvalue weighted by molar-refractivity contribution is -0.145. The molecule has 1 rings (SSSR count). The molecule has 1 atom stereocenters. The smallest absolute Gasteiger partial charge is 0.303 e. The van der Waals surface area contributed by atoms with Crippen LogP contribution in [-0.4, -0.2) is 18.4 Å². The van der Waals surface area contributed by atoms with Gasteiger partial charge in [0.2, 0.25) is 0 Å². The standard InChI is InChI=1S/C11H13BrO3/c1-8(13)15-11(7-12)9-3-5-10(14-2)6-4-9/h3-6,11H,7H2,1-2H3. The molecule has 0 saturated heterocycles. The Hall–Kier alpha value is -1.03. The summed E-state index contributed by atoms with van der Waals surface area (Å²) in [6, 6.07) is 7.45. The maximum Gasteiger partial charge on any atom is 0.303 e. The molecule has 0 amide bonds. The molecule has 0 aliphatic rings. The number of benzene rings is 1. The number of ether oxygens (including phenoxy) is 2. The van der Waals surface area contributed by atoms with Crippen molar-refractivity contribution < 1.29 is 14.3 Å². The van der Waals surface area contributed by atoms with Crippen molar-refractivity contribution in [2.45, 2.75) is 13.0 Å². The van der Waals surface area contributed by atoms with E-state index in [4.69, 9.17) is 9.47 Å². The van der Waals surface area contributed by atoms with E-state index in [0.717, 1.165) is 11.3 Å². The zero-order chi connectivity index (χ0) is 11.3. The second-order valence-corrected chi connectivity index (χ2v) is 3.67. The summed E-state index contributed by atoms with van der Waals surface area (Å²) in [6.45, 7) is 1.40. The van der Waals surface area contributed by atoms with Crippen LogP contribution in [0, 0.1) is 0 Å². The highest BCUT2D eigenvalue weighted by Gasteiger charge is 2.12. The van der Waals surface area contributed by atoms with Gasteiger partial charge >= 0.3 is 5.97 Å². The van der Waals surface area contributed by atoms with Gasteiger partial charge in [-0.3, -0.25) is 4.79 Å². The zero-order valence-electron chi connectivity index (χ0n) is 8.70. The molecule has 1 aromatic rings. The third-order valence-electron chi connectivity index (χ3n) is 1.94. The van der Waals surface area contributed by atoms with E-state index in [0.29, 0.717) is 5.33 Å². The second kappa shape index (κ2) is 5.75. The molecule has 82 valence electrons. The van der Waals surface area contributed by atoms with Crippen molar-refractivity contribution in [3.63, 3.8) is 0 Å². The Labute approximate surface area is 97.5 Å². The normalized spacial score (nSPS) is 11.9. The molecule has 1 unspecified atom stereocenters. The maximum atomic E-state index is 10.8. The van der Waals surface area contributed by atoms with Crippen LogP contribution in [0.15, 0.2) is 24.3 Å². The highest BCUT2D eigenvalue weighted by Crippen LogP contribution is 2.22. The first-order valence-electron chi connectivity index (χ1n) is 4.54. The average Bonchev–Trinajstić information content (AvgIpc) is 2.26. The Morgan fingerprint density at radius 2 is 2.00 bits per heavy atom. The molecule has 0 bridgehead atoms. The molecule has 0 radical (unpaired) electrons. The summed E-state index contributed by atoms with van der Waals surface area (Å²) >= 11 is 3.31. The minimum absolute atomic E-state index is 0.242. The van der Waals surface area contributed by atoms with Crippen LogP contribution in [-0.2, 0) is 9.53 Å². The minimum Gasteiger partial charge on any atom is -0.497 e. The van der Waals surface area contributed by atoms with Crippen molar-refractivity contribution in [3.05, 3.63) is 29.8 Å². The molecule has 0 aliphatic carbocycles. The van der Waals surface area contributed by atoms with Gasteiger partial charge in [-0.05, 0) is 17.7 Å². The molecule has 0 saturated carbocycles. The van der Waals surface area contributed by atoms with Crippen LogP contribution in [0.5, 0.6) is 5.75 Å². The molecule has 0 aromatic heterocycles. The average molecular weight is 273 g/mol. The van der Waals surface area contributed by atoms with Gasteiger partial charge in [-0.1, -0.05) is 28.1 Å². The predicted molar refractivity (Wildman–Crippen MR) is 61.3 cm³/mol. The van der Waals surface area contributed by atoms with E-state index in [2.05, 4.69) is 15.9 Å². The number of carbonyl (C=O) groups is 1. The van der Waals surface area contributed by atoms with Gasteiger partial charge in [0.15, 0.2) is 0 Å². The van der Waals surface area contributed by atoms with Crippen LogP contribution in [0.1, 0.15) is 18.6 Å². The summed E-state index contributed by atoms with van der Waals surface area (Å²) in [7, 11) is 1.61. The topological polar surface area (TPSA) is 35.5 Å². The quantitative estimate of drug-likeness (QED) is 0.625. The number of halogens is 1. The first-order chi connectivity index (χ1) is 7.17. The fraction of sp³-hybridized carbons (Fsp3) is 0.364. The van der Waals surface area contributed by atoms with Crippen LogP contribution in [0.25, 0.3) is 0 Å². The maximum absolute atomic E-state index is 10.8. The van der Waals surface area contributed by atoms with Crippen LogP contribution >= 0.6 is 15.9 Å². The number of carbonyl (C=O) groups excluding carboxylic acids is 1. The lowest BCUT2D eigenvalue weighted by atomic mass is 10.1. The molecule has 15 heavy (non-hydrogen) atoms. The molecule has 0 spiro atoms. The van der Waals surface area contributed by atoms with Crippen molar-refractivity contribution in [2.24, 2.45) is 0 Å². The van der Waals surface area contributed by atoms with E-state index in [1.54, 1.807) is 7.11 Å². The first-order valence-corrected chi connectivity index (χ1v) is 5.66. The summed E-state index contributed by atoms with van der Waals surface area (Å²) in [4.78, 5) is 10.8. The number of hydrogen-bond acceptors (Lipinski definition) is 3. The number of rotatable bonds is 4.